The van der Waals surface area contributed by atoms with Crippen LogP contribution in [0.4, 0.5) is 0 Å². The van der Waals surface area contributed by atoms with Crippen molar-refractivity contribution in [1.82, 2.24) is 24.6 Å². The van der Waals surface area contributed by atoms with E-state index in [9.17, 15) is 0 Å². The van der Waals surface area contributed by atoms with Crippen molar-refractivity contribution in [1.29, 1.82) is 0 Å². The van der Waals surface area contributed by atoms with Crippen LogP contribution in [0, 0.1) is 13.8 Å². The van der Waals surface area contributed by atoms with E-state index in [0.717, 1.165) is 60.8 Å². The van der Waals surface area contributed by atoms with Crippen LogP contribution in [0.5, 0.6) is 0 Å². The number of morpholine rings is 1. The second kappa shape index (κ2) is 8.86. The van der Waals surface area contributed by atoms with Crippen molar-refractivity contribution < 1.29 is 4.74 Å². The third-order valence-corrected chi connectivity index (χ3v) is 5.80. The first kappa shape index (κ1) is 19.1. The summed E-state index contributed by atoms with van der Waals surface area (Å²) >= 11 is 1.75. The van der Waals surface area contributed by atoms with Gasteiger partial charge >= 0.3 is 0 Å². The summed E-state index contributed by atoms with van der Waals surface area (Å²) in [6.07, 6.45) is 3.62. The van der Waals surface area contributed by atoms with E-state index in [1.54, 1.807) is 18.0 Å². The molecule has 3 aromatic rings. The van der Waals surface area contributed by atoms with Crippen molar-refractivity contribution in [2.75, 3.05) is 38.6 Å². The molecule has 3 heterocycles. The van der Waals surface area contributed by atoms with Crippen LogP contribution in [-0.4, -0.2) is 63.2 Å². The molecule has 4 rings (SSSR count). The standard InChI is InChI=1S/C21H25N5OS/c1-16-5-6-19(17(2)14-16)26-20(18-4-3-7-22-15-18)23-24-21(26)28-13-10-25-8-11-27-12-9-25/h3-7,14-15H,8-13H2,1-2H3. The van der Waals surface area contributed by atoms with Crippen molar-refractivity contribution in [3.8, 4) is 17.1 Å². The van der Waals surface area contributed by atoms with Crippen LogP contribution in [0.15, 0.2) is 47.9 Å². The summed E-state index contributed by atoms with van der Waals surface area (Å²) in [5.74, 6) is 1.80. The van der Waals surface area contributed by atoms with Crippen molar-refractivity contribution in [3.63, 3.8) is 0 Å². The van der Waals surface area contributed by atoms with Crippen LogP contribution in [-0.2, 0) is 4.74 Å². The van der Waals surface area contributed by atoms with Gasteiger partial charge in [0.15, 0.2) is 11.0 Å². The summed E-state index contributed by atoms with van der Waals surface area (Å²) < 4.78 is 7.60. The van der Waals surface area contributed by atoms with Gasteiger partial charge < -0.3 is 4.74 Å². The maximum Gasteiger partial charge on any atom is 0.196 e. The van der Waals surface area contributed by atoms with Crippen LogP contribution in [0.25, 0.3) is 17.1 Å². The maximum absolute atomic E-state index is 5.44. The Morgan fingerprint density at radius 1 is 1.11 bits per heavy atom. The highest BCUT2D eigenvalue weighted by Gasteiger charge is 2.18. The molecule has 0 radical (unpaired) electrons. The van der Waals surface area contributed by atoms with Crippen LogP contribution in [0.2, 0.25) is 0 Å². The number of nitrogens with zero attached hydrogens (tertiary/aromatic N) is 5. The molecule has 2 aromatic heterocycles. The Morgan fingerprint density at radius 3 is 2.71 bits per heavy atom. The summed E-state index contributed by atoms with van der Waals surface area (Å²) in [4.78, 5) is 6.70. The van der Waals surface area contributed by atoms with Gasteiger partial charge in [0.25, 0.3) is 0 Å². The Labute approximate surface area is 170 Å². The highest BCUT2D eigenvalue weighted by Crippen LogP contribution is 2.29. The van der Waals surface area contributed by atoms with E-state index in [2.05, 4.69) is 56.7 Å². The second-order valence-corrected chi connectivity index (χ2v) is 8.04. The lowest BCUT2D eigenvalue weighted by atomic mass is 10.1. The topological polar surface area (TPSA) is 56.1 Å². The number of ether oxygens (including phenoxy) is 1. The molecule has 0 N–H and O–H groups in total. The second-order valence-electron chi connectivity index (χ2n) is 6.98. The maximum atomic E-state index is 5.44. The van der Waals surface area contributed by atoms with Crippen LogP contribution in [0.3, 0.4) is 0 Å². The highest BCUT2D eigenvalue weighted by atomic mass is 32.2. The molecule has 0 aliphatic carbocycles. The number of hydrogen-bond acceptors (Lipinski definition) is 6. The minimum Gasteiger partial charge on any atom is -0.379 e. The summed E-state index contributed by atoms with van der Waals surface area (Å²) in [5.41, 5.74) is 4.54. The minimum absolute atomic E-state index is 0.828. The number of thioether (sulfide) groups is 1. The fourth-order valence-electron chi connectivity index (χ4n) is 3.41. The Morgan fingerprint density at radius 2 is 1.96 bits per heavy atom. The predicted octanol–water partition coefficient (Wildman–Crippen LogP) is 3.37. The van der Waals surface area contributed by atoms with Gasteiger partial charge in [-0.25, -0.2) is 0 Å². The van der Waals surface area contributed by atoms with E-state index < -0.39 is 0 Å². The fraction of sp³-hybridized carbons (Fsp3) is 0.381. The Bertz CT molecular complexity index is 922. The minimum atomic E-state index is 0.828. The first-order valence-corrected chi connectivity index (χ1v) is 10.6. The normalized spacial score (nSPS) is 15.1. The summed E-state index contributed by atoms with van der Waals surface area (Å²) in [6, 6.07) is 10.4. The van der Waals surface area contributed by atoms with E-state index in [1.807, 2.05) is 18.3 Å². The van der Waals surface area contributed by atoms with Gasteiger partial charge in [-0.1, -0.05) is 29.5 Å². The first-order chi connectivity index (χ1) is 13.7. The molecule has 0 unspecified atom stereocenters. The molecular weight excluding hydrogens is 370 g/mol. The molecule has 1 aromatic carbocycles. The third kappa shape index (κ3) is 4.27. The van der Waals surface area contributed by atoms with Crippen molar-refractivity contribution in [3.05, 3.63) is 53.9 Å². The molecule has 0 atom stereocenters. The van der Waals surface area contributed by atoms with Gasteiger partial charge in [-0.05, 0) is 37.6 Å². The average Bonchev–Trinajstić information content (AvgIpc) is 3.13. The Hall–Kier alpha value is -2.22. The number of pyridine rings is 1. The number of aryl methyl sites for hydroxylation is 2. The highest BCUT2D eigenvalue weighted by molar-refractivity contribution is 7.99. The zero-order valence-corrected chi connectivity index (χ0v) is 17.2. The van der Waals surface area contributed by atoms with Crippen molar-refractivity contribution in [2.45, 2.75) is 19.0 Å². The summed E-state index contributed by atoms with van der Waals surface area (Å²) in [6.45, 7) is 8.94. The van der Waals surface area contributed by atoms with Crippen LogP contribution < -0.4 is 0 Å². The van der Waals surface area contributed by atoms with Crippen LogP contribution in [0.1, 0.15) is 11.1 Å². The molecule has 6 nitrogen and oxygen atoms in total. The lowest BCUT2D eigenvalue weighted by Crippen LogP contribution is -2.37. The zero-order valence-electron chi connectivity index (χ0n) is 16.3. The lowest BCUT2D eigenvalue weighted by Gasteiger charge is -2.26. The average molecular weight is 396 g/mol. The molecule has 1 saturated heterocycles. The number of aromatic nitrogens is 4. The van der Waals surface area contributed by atoms with Crippen LogP contribution >= 0.6 is 11.8 Å². The predicted molar refractivity (Wildman–Crippen MR) is 112 cm³/mol. The summed E-state index contributed by atoms with van der Waals surface area (Å²) in [5, 5.41) is 9.95. The molecule has 1 aliphatic rings. The van der Waals surface area contributed by atoms with E-state index in [1.165, 1.54) is 11.1 Å². The molecule has 1 aliphatic heterocycles. The monoisotopic (exact) mass is 395 g/mol. The molecule has 0 bridgehead atoms. The number of hydrogen-bond donors (Lipinski definition) is 0. The third-order valence-electron chi connectivity index (χ3n) is 4.89. The van der Waals surface area contributed by atoms with Gasteiger partial charge in [-0.15, -0.1) is 10.2 Å². The summed E-state index contributed by atoms with van der Waals surface area (Å²) in [7, 11) is 0. The molecule has 1 fully saturated rings. The van der Waals surface area contributed by atoms with Crippen molar-refractivity contribution in [2.24, 2.45) is 0 Å². The molecule has 0 amide bonds. The van der Waals surface area contributed by atoms with E-state index in [4.69, 9.17) is 4.74 Å². The van der Waals surface area contributed by atoms with Gasteiger partial charge in [0.2, 0.25) is 0 Å². The van der Waals surface area contributed by atoms with E-state index in [-0.39, 0.29) is 0 Å². The van der Waals surface area contributed by atoms with E-state index >= 15 is 0 Å². The van der Waals surface area contributed by atoms with Gasteiger partial charge in [0.1, 0.15) is 0 Å². The SMILES string of the molecule is Cc1ccc(-n2c(SCCN3CCOCC3)nnc2-c2cccnc2)c(C)c1. The largest absolute Gasteiger partial charge is 0.379 e. The molecule has 0 saturated carbocycles. The molecule has 28 heavy (non-hydrogen) atoms. The lowest BCUT2D eigenvalue weighted by molar-refractivity contribution is 0.0410. The number of benzene rings is 1. The molecule has 7 heteroatoms. The first-order valence-electron chi connectivity index (χ1n) is 9.59. The fourth-order valence-corrected chi connectivity index (χ4v) is 4.35. The Balaban J connectivity index is 1.63. The Kier molecular flexibility index (Phi) is 6.04. The molecular formula is C21H25N5OS. The molecule has 0 spiro atoms. The number of rotatable bonds is 6. The van der Waals surface area contributed by atoms with E-state index in [0.29, 0.717) is 0 Å². The quantitative estimate of drug-likeness (QED) is 0.597. The van der Waals surface area contributed by atoms with Gasteiger partial charge in [0, 0.05) is 43.3 Å². The smallest absolute Gasteiger partial charge is 0.196 e. The zero-order chi connectivity index (χ0) is 19.3. The molecule has 146 valence electrons. The van der Waals surface area contributed by atoms with Gasteiger partial charge in [0.05, 0.1) is 18.9 Å². The van der Waals surface area contributed by atoms with Gasteiger partial charge in [-0.2, -0.15) is 0 Å². The van der Waals surface area contributed by atoms with Crippen molar-refractivity contribution >= 4 is 11.8 Å². The van der Waals surface area contributed by atoms with Gasteiger partial charge in [-0.3, -0.25) is 14.5 Å².